The third-order valence-corrected chi connectivity index (χ3v) is 6.07. The van der Waals surface area contributed by atoms with Crippen molar-refractivity contribution in [3.63, 3.8) is 0 Å². The van der Waals surface area contributed by atoms with Crippen molar-refractivity contribution in [2.45, 2.75) is 44.6 Å². The Bertz CT molecular complexity index is 839. The standard InChI is InChI=1S/C20H26N6O/c1-13-11-17(23-19(22-13)15-3-4-15)26-10-7-14-6-9-25(12-16(14)26)20-21-8-5-18(24-20)27-2/h5,8,11,14-16H,3-4,6-7,9-10,12H2,1-2H3. The molecule has 3 aliphatic rings. The second-order valence-corrected chi connectivity index (χ2v) is 7.94. The molecule has 2 unspecified atom stereocenters. The van der Waals surface area contributed by atoms with Crippen molar-refractivity contribution < 1.29 is 4.74 Å². The molecule has 0 spiro atoms. The lowest BCUT2D eigenvalue weighted by molar-refractivity contribution is 0.379. The SMILES string of the molecule is COc1ccnc(N2CCC3CCN(c4cc(C)nc(C5CC5)n4)C3C2)n1. The van der Waals surface area contributed by atoms with Crippen molar-refractivity contribution in [2.24, 2.45) is 5.92 Å². The summed E-state index contributed by atoms with van der Waals surface area (Å²) < 4.78 is 5.27. The monoisotopic (exact) mass is 366 g/mol. The van der Waals surface area contributed by atoms with E-state index in [-0.39, 0.29) is 0 Å². The molecule has 3 fully saturated rings. The van der Waals surface area contributed by atoms with E-state index in [2.05, 4.69) is 37.7 Å². The molecule has 4 heterocycles. The highest BCUT2D eigenvalue weighted by molar-refractivity contribution is 5.46. The van der Waals surface area contributed by atoms with E-state index in [9.17, 15) is 0 Å². The summed E-state index contributed by atoms with van der Waals surface area (Å²) in [5.74, 6) is 4.81. The minimum absolute atomic E-state index is 0.454. The van der Waals surface area contributed by atoms with Crippen molar-refractivity contribution in [1.29, 1.82) is 0 Å². The maximum absolute atomic E-state index is 5.27. The molecule has 2 aliphatic heterocycles. The van der Waals surface area contributed by atoms with Crippen LogP contribution in [0.2, 0.25) is 0 Å². The van der Waals surface area contributed by atoms with Crippen LogP contribution in [0.4, 0.5) is 11.8 Å². The molecule has 1 aliphatic carbocycles. The Balaban J connectivity index is 1.40. The summed E-state index contributed by atoms with van der Waals surface area (Å²) in [6.45, 7) is 5.09. The predicted molar refractivity (Wildman–Crippen MR) is 103 cm³/mol. The molecule has 0 aromatic carbocycles. The Kier molecular flexibility index (Phi) is 4.10. The van der Waals surface area contributed by atoms with E-state index in [1.807, 2.05) is 0 Å². The molecule has 142 valence electrons. The molecule has 0 N–H and O–H groups in total. The zero-order valence-corrected chi connectivity index (χ0v) is 16.0. The highest BCUT2D eigenvalue weighted by Crippen LogP contribution is 2.40. The van der Waals surface area contributed by atoms with Crippen LogP contribution < -0.4 is 14.5 Å². The van der Waals surface area contributed by atoms with Crippen LogP contribution in [-0.2, 0) is 0 Å². The molecule has 5 rings (SSSR count). The van der Waals surface area contributed by atoms with Gasteiger partial charge >= 0.3 is 0 Å². The number of hydrogen-bond acceptors (Lipinski definition) is 7. The van der Waals surface area contributed by atoms with Gasteiger partial charge in [-0.2, -0.15) is 4.98 Å². The third kappa shape index (κ3) is 3.19. The van der Waals surface area contributed by atoms with Gasteiger partial charge in [0.25, 0.3) is 0 Å². The molecular formula is C20H26N6O. The Hall–Kier alpha value is -2.44. The fraction of sp³-hybridized carbons (Fsp3) is 0.600. The molecular weight excluding hydrogens is 340 g/mol. The topological polar surface area (TPSA) is 67.3 Å². The first-order chi connectivity index (χ1) is 13.2. The highest BCUT2D eigenvalue weighted by Gasteiger charge is 2.40. The summed E-state index contributed by atoms with van der Waals surface area (Å²) in [4.78, 5) is 23.4. The van der Waals surface area contributed by atoms with Gasteiger partial charge in [-0.1, -0.05) is 0 Å². The highest BCUT2D eigenvalue weighted by atomic mass is 16.5. The lowest BCUT2D eigenvalue weighted by atomic mass is 9.92. The van der Waals surface area contributed by atoms with Crippen LogP contribution in [0.15, 0.2) is 18.3 Å². The van der Waals surface area contributed by atoms with Crippen molar-refractivity contribution in [3.05, 3.63) is 29.8 Å². The van der Waals surface area contributed by atoms with Crippen LogP contribution in [0.3, 0.4) is 0 Å². The zero-order valence-electron chi connectivity index (χ0n) is 16.0. The fourth-order valence-electron chi connectivity index (χ4n) is 4.45. The van der Waals surface area contributed by atoms with Crippen LogP contribution in [-0.4, -0.2) is 52.7 Å². The van der Waals surface area contributed by atoms with Crippen LogP contribution in [0, 0.1) is 12.8 Å². The molecule has 2 aromatic heterocycles. The normalized spacial score (nSPS) is 24.8. The molecule has 2 aromatic rings. The minimum atomic E-state index is 0.454. The van der Waals surface area contributed by atoms with Crippen molar-refractivity contribution in [1.82, 2.24) is 19.9 Å². The van der Waals surface area contributed by atoms with E-state index in [0.717, 1.165) is 42.9 Å². The summed E-state index contributed by atoms with van der Waals surface area (Å²) in [7, 11) is 1.64. The van der Waals surface area contributed by atoms with Gasteiger partial charge in [0.2, 0.25) is 11.8 Å². The van der Waals surface area contributed by atoms with Gasteiger partial charge in [0.05, 0.1) is 13.2 Å². The van der Waals surface area contributed by atoms with Gasteiger partial charge in [0.15, 0.2) is 0 Å². The van der Waals surface area contributed by atoms with Crippen molar-refractivity contribution in [3.8, 4) is 5.88 Å². The van der Waals surface area contributed by atoms with Crippen LogP contribution in [0.5, 0.6) is 5.88 Å². The van der Waals surface area contributed by atoms with E-state index in [1.54, 1.807) is 19.4 Å². The lowest BCUT2D eigenvalue weighted by Crippen LogP contribution is -2.49. The fourth-order valence-corrected chi connectivity index (χ4v) is 4.45. The summed E-state index contributed by atoms with van der Waals surface area (Å²) in [5, 5.41) is 0. The molecule has 1 saturated carbocycles. The minimum Gasteiger partial charge on any atom is -0.481 e. The van der Waals surface area contributed by atoms with Crippen molar-refractivity contribution >= 4 is 11.8 Å². The van der Waals surface area contributed by atoms with E-state index in [1.165, 1.54) is 25.7 Å². The van der Waals surface area contributed by atoms with E-state index in [4.69, 9.17) is 9.72 Å². The van der Waals surface area contributed by atoms with Gasteiger partial charge < -0.3 is 14.5 Å². The molecule has 0 radical (unpaired) electrons. The van der Waals surface area contributed by atoms with E-state index in [0.29, 0.717) is 23.8 Å². The first kappa shape index (κ1) is 16.7. The van der Waals surface area contributed by atoms with Crippen LogP contribution in [0.25, 0.3) is 0 Å². The first-order valence-electron chi connectivity index (χ1n) is 9.95. The summed E-state index contributed by atoms with van der Waals surface area (Å²) in [6.07, 6.45) is 6.64. The third-order valence-electron chi connectivity index (χ3n) is 6.07. The summed E-state index contributed by atoms with van der Waals surface area (Å²) in [6, 6.07) is 4.39. The molecule has 2 saturated heterocycles. The number of anilines is 2. The van der Waals surface area contributed by atoms with Gasteiger partial charge in [0.1, 0.15) is 11.6 Å². The number of fused-ring (bicyclic) bond motifs is 1. The van der Waals surface area contributed by atoms with Gasteiger partial charge in [-0.05, 0) is 38.5 Å². The quantitative estimate of drug-likeness (QED) is 0.824. The Morgan fingerprint density at radius 3 is 2.74 bits per heavy atom. The number of ether oxygens (including phenoxy) is 1. The largest absolute Gasteiger partial charge is 0.481 e. The van der Waals surface area contributed by atoms with E-state index >= 15 is 0 Å². The number of hydrogen-bond donors (Lipinski definition) is 0. The van der Waals surface area contributed by atoms with Crippen LogP contribution >= 0.6 is 0 Å². The first-order valence-corrected chi connectivity index (χ1v) is 9.95. The Morgan fingerprint density at radius 1 is 1.07 bits per heavy atom. The molecule has 2 atom stereocenters. The Morgan fingerprint density at radius 2 is 1.93 bits per heavy atom. The Labute approximate surface area is 159 Å². The number of piperidine rings is 1. The van der Waals surface area contributed by atoms with Gasteiger partial charge in [-0.15, -0.1) is 0 Å². The number of aromatic nitrogens is 4. The molecule has 7 nitrogen and oxygen atoms in total. The van der Waals surface area contributed by atoms with E-state index < -0.39 is 0 Å². The average Bonchev–Trinajstić information content (AvgIpc) is 3.46. The average molecular weight is 366 g/mol. The molecule has 27 heavy (non-hydrogen) atoms. The van der Waals surface area contributed by atoms with Gasteiger partial charge in [-0.25, -0.2) is 15.0 Å². The molecule has 0 bridgehead atoms. The smallest absolute Gasteiger partial charge is 0.228 e. The molecule has 7 heteroatoms. The van der Waals surface area contributed by atoms with Crippen LogP contribution in [0.1, 0.15) is 43.1 Å². The van der Waals surface area contributed by atoms with Gasteiger partial charge in [0, 0.05) is 49.6 Å². The number of nitrogens with zero attached hydrogens (tertiary/aromatic N) is 6. The molecule has 0 amide bonds. The zero-order chi connectivity index (χ0) is 18.4. The predicted octanol–water partition coefficient (Wildman–Crippen LogP) is 2.57. The maximum atomic E-state index is 5.27. The number of aryl methyl sites for hydroxylation is 1. The lowest BCUT2D eigenvalue weighted by Gasteiger charge is -2.39. The number of rotatable bonds is 4. The maximum Gasteiger partial charge on any atom is 0.228 e. The second-order valence-electron chi connectivity index (χ2n) is 7.94. The summed E-state index contributed by atoms with van der Waals surface area (Å²) >= 11 is 0. The number of methoxy groups -OCH3 is 1. The van der Waals surface area contributed by atoms with Gasteiger partial charge in [-0.3, -0.25) is 0 Å². The summed E-state index contributed by atoms with van der Waals surface area (Å²) in [5.41, 5.74) is 1.08. The van der Waals surface area contributed by atoms with Crippen molar-refractivity contribution in [2.75, 3.05) is 36.5 Å². The second kappa shape index (κ2) is 6.62.